The molecule has 66 valence electrons. The van der Waals surface area contributed by atoms with Gasteiger partial charge < -0.3 is 10.4 Å². The van der Waals surface area contributed by atoms with E-state index in [9.17, 15) is 0 Å². The van der Waals surface area contributed by atoms with E-state index in [2.05, 4.69) is 12.2 Å². The quantitative estimate of drug-likeness (QED) is 0.644. The molecule has 1 aliphatic heterocycles. The molecule has 1 saturated heterocycles. The first-order valence-corrected chi connectivity index (χ1v) is 4.72. The first-order valence-electron chi connectivity index (χ1n) is 4.72. The third-order valence-electron chi connectivity index (χ3n) is 2.68. The van der Waals surface area contributed by atoms with Gasteiger partial charge in [-0.25, -0.2) is 0 Å². The van der Waals surface area contributed by atoms with Crippen molar-refractivity contribution in [2.45, 2.75) is 38.6 Å². The summed E-state index contributed by atoms with van der Waals surface area (Å²) >= 11 is 0. The summed E-state index contributed by atoms with van der Waals surface area (Å²) in [5.41, 5.74) is 0. The fraction of sp³-hybridized carbons (Fsp3) is 1.00. The summed E-state index contributed by atoms with van der Waals surface area (Å²) in [6.45, 7) is 3.63. The van der Waals surface area contributed by atoms with Crippen molar-refractivity contribution < 1.29 is 5.11 Å². The summed E-state index contributed by atoms with van der Waals surface area (Å²) < 4.78 is 0. The summed E-state index contributed by atoms with van der Waals surface area (Å²) in [6.07, 6.45) is 4.97. The topological polar surface area (TPSA) is 32.3 Å². The third kappa shape index (κ3) is 2.46. The summed E-state index contributed by atoms with van der Waals surface area (Å²) in [7, 11) is 0. The fourth-order valence-electron chi connectivity index (χ4n) is 1.82. The van der Waals surface area contributed by atoms with E-state index in [4.69, 9.17) is 5.11 Å². The molecule has 0 radical (unpaired) electrons. The number of hydrogen-bond acceptors (Lipinski definition) is 2. The van der Waals surface area contributed by atoms with Gasteiger partial charge in [-0.1, -0.05) is 13.3 Å². The molecule has 2 atom stereocenters. The molecule has 0 spiro atoms. The Balaban J connectivity index is 2.30. The fourth-order valence-corrected chi connectivity index (χ4v) is 1.82. The molecular weight excluding hydrogens is 138 g/mol. The van der Waals surface area contributed by atoms with Gasteiger partial charge in [0.15, 0.2) is 0 Å². The number of nitrogens with one attached hydrogen (secondary N) is 1. The van der Waals surface area contributed by atoms with Crippen molar-refractivity contribution in [1.29, 1.82) is 0 Å². The molecule has 1 aliphatic rings. The van der Waals surface area contributed by atoms with Gasteiger partial charge in [-0.3, -0.25) is 0 Å². The van der Waals surface area contributed by atoms with Crippen LogP contribution >= 0.6 is 0 Å². The van der Waals surface area contributed by atoms with Crippen LogP contribution in [0.4, 0.5) is 0 Å². The zero-order chi connectivity index (χ0) is 8.10. The Morgan fingerprint density at radius 1 is 1.55 bits per heavy atom. The molecule has 0 saturated carbocycles. The number of rotatable bonds is 3. The highest BCUT2D eigenvalue weighted by Gasteiger charge is 2.20. The van der Waals surface area contributed by atoms with Crippen molar-refractivity contribution in [3.63, 3.8) is 0 Å². The minimum Gasteiger partial charge on any atom is -0.396 e. The van der Waals surface area contributed by atoms with Crippen LogP contribution in [0.25, 0.3) is 0 Å². The lowest BCUT2D eigenvalue weighted by molar-refractivity contribution is 0.169. The molecular formula is C9H19NO. The van der Waals surface area contributed by atoms with Gasteiger partial charge in [-0.05, 0) is 31.7 Å². The van der Waals surface area contributed by atoms with E-state index in [1.165, 1.54) is 19.3 Å². The molecule has 2 nitrogen and oxygen atoms in total. The smallest absolute Gasteiger partial charge is 0.0474 e. The van der Waals surface area contributed by atoms with E-state index in [1.807, 2.05) is 0 Å². The van der Waals surface area contributed by atoms with Crippen LogP contribution in [0.5, 0.6) is 0 Å². The number of hydrogen-bond donors (Lipinski definition) is 2. The van der Waals surface area contributed by atoms with Crippen molar-refractivity contribution >= 4 is 0 Å². The number of piperidine rings is 1. The zero-order valence-corrected chi connectivity index (χ0v) is 7.34. The Kier molecular flexibility index (Phi) is 3.87. The monoisotopic (exact) mass is 157 g/mol. The lowest BCUT2D eigenvalue weighted by Crippen LogP contribution is -2.41. The molecule has 2 unspecified atom stereocenters. The van der Waals surface area contributed by atoms with E-state index in [0.717, 1.165) is 13.0 Å². The third-order valence-corrected chi connectivity index (χ3v) is 2.68. The second-order valence-corrected chi connectivity index (χ2v) is 3.41. The molecule has 0 bridgehead atoms. The van der Waals surface area contributed by atoms with Crippen LogP contribution in [0, 0.1) is 5.92 Å². The maximum absolute atomic E-state index is 9.04. The molecule has 0 aromatic rings. The summed E-state index contributed by atoms with van der Waals surface area (Å²) in [5, 5.41) is 12.5. The molecule has 0 aromatic carbocycles. The molecule has 1 fully saturated rings. The first-order chi connectivity index (χ1) is 5.38. The van der Waals surface area contributed by atoms with Gasteiger partial charge in [0.05, 0.1) is 0 Å². The SMILES string of the molecule is CCC(CO)C1CCCCN1. The Labute approximate surface area is 69.0 Å². The van der Waals surface area contributed by atoms with Gasteiger partial charge in [-0.15, -0.1) is 0 Å². The van der Waals surface area contributed by atoms with Crippen molar-refractivity contribution in [3.05, 3.63) is 0 Å². The molecule has 2 N–H and O–H groups in total. The van der Waals surface area contributed by atoms with Crippen molar-refractivity contribution in [3.8, 4) is 0 Å². The predicted octanol–water partition coefficient (Wildman–Crippen LogP) is 1.15. The average molecular weight is 157 g/mol. The van der Waals surface area contributed by atoms with Crippen molar-refractivity contribution in [2.24, 2.45) is 5.92 Å². The highest BCUT2D eigenvalue weighted by Crippen LogP contribution is 2.17. The van der Waals surface area contributed by atoms with Crippen LogP contribution in [-0.2, 0) is 0 Å². The lowest BCUT2D eigenvalue weighted by atomic mass is 9.91. The zero-order valence-electron chi connectivity index (χ0n) is 7.34. The molecule has 2 heteroatoms. The van der Waals surface area contributed by atoms with E-state index in [1.54, 1.807) is 0 Å². The Morgan fingerprint density at radius 2 is 2.36 bits per heavy atom. The van der Waals surface area contributed by atoms with Crippen LogP contribution < -0.4 is 5.32 Å². The molecule has 0 aromatic heterocycles. The number of aliphatic hydroxyl groups is 1. The largest absolute Gasteiger partial charge is 0.396 e. The van der Waals surface area contributed by atoms with Gasteiger partial charge in [-0.2, -0.15) is 0 Å². The average Bonchev–Trinajstić information content (AvgIpc) is 2.09. The maximum Gasteiger partial charge on any atom is 0.0474 e. The molecule has 1 rings (SSSR count). The summed E-state index contributed by atoms with van der Waals surface area (Å²) in [6, 6.07) is 0.582. The minimum absolute atomic E-state index is 0.341. The van der Waals surface area contributed by atoms with E-state index < -0.39 is 0 Å². The summed E-state index contributed by atoms with van der Waals surface area (Å²) in [4.78, 5) is 0. The van der Waals surface area contributed by atoms with Crippen LogP contribution in [-0.4, -0.2) is 24.3 Å². The van der Waals surface area contributed by atoms with Crippen LogP contribution in [0.1, 0.15) is 32.6 Å². The Bertz CT molecular complexity index is 95.7. The Morgan fingerprint density at radius 3 is 2.82 bits per heavy atom. The standard InChI is InChI=1S/C9H19NO/c1-2-8(7-11)9-5-3-4-6-10-9/h8-11H,2-7H2,1H3. The second-order valence-electron chi connectivity index (χ2n) is 3.41. The Hall–Kier alpha value is -0.0800. The minimum atomic E-state index is 0.341. The molecule has 11 heavy (non-hydrogen) atoms. The predicted molar refractivity (Wildman–Crippen MR) is 46.5 cm³/mol. The van der Waals surface area contributed by atoms with Crippen molar-refractivity contribution in [1.82, 2.24) is 5.32 Å². The van der Waals surface area contributed by atoms with E-state index >= 15 is 0 Å². The van der Waals surface area contributed by atoms with E-state index in [0.29, 0.717) is 18.6 Å². The van der Waals surface area contributed by atoms with Gasteiger partial charge in [0, 0.05) is 12.6 Å². The highest BCUT2D eigenvalue weighted by atomic mass is 16.3. The number of aliphatic hydroxyl groups excluding tert-OH is 1. The van der Waals surface area contributed by atoms with Gasteiger partial charge >= 0.3 is 0 Å². The normalized spacial score (nSPS) is 28.4. The lowest BCUT2D eigenvalue weighted by Gasteiger charge is -2.29. The van der Waals surface area contributed by atoms with Crippen molar-refractivity contribution in [2.75, 3.05) is 13.2 Å². The second kappa shape index (κ2) is 4.73. The molecule has 1 heterocycles. The van der Waals surface area contributed by atoms with Gasteiger partial charge in [0.1, 0.15) is 0 Å². The molecule has 0 amide bonds. The first kappa shape index (κ1) is 9.01. The van der Waals surface area contributed by atoms with Gasteiger partial charge in [0.2, 0.25) is 0 Å². The highest BCUT2D eigenvalue weighted by molar-refractivity contribution is 4.78. The van der Waals surface area contributed by atoms with Crippen LogP contribution in [0.2, 0.25) is 0 Å². The molecule has 0 aliphatic carbocycles. The van der Waals surface area contributed by atoms with Crippen LogP contribution in [0.15, 0.2) is 0 Å². The van der Waals surface area contributed by atoms with E-state index in [-0.39, 0.29) is 0 Å². The van der Waals surface area contributed by atoms with Gasteiger partial charge in [0.25, 0.3) is 0 Å². The van der Waals surface area contributed by atoms with Crippen LogP contribution in [0.3, 0.4) is 0 Å². The summed E-state index contributed by atoms with van der Waals surface area (Å²) in [5.74, 6) is 0.482. The maximum atomic E-state index is 9.04.